The van der Waals surface area contributed by atoms with Crippen molar-refractivity contribution in [3.8, 4) is 0 Å². The summed E-state index contributed by atoms with van der Waals surface area (Å²) in [5, 5.41) is 3.65. The van der Waals surface area contributed by atoms with Gasteiger partial charge in [0.1, 0.15) is 10.8 Å². The molecule has 0 saturated heterocycles. The molecule has 0 amide bonds. The summed E-state index contributed by atoms with van der Waals surface area (Å²) in [5.74, 6) is -0.0538. The van der Waals surface area contributed by atoms with Crippen LogP contribution >= 0.6 is 23.8 Å². The predicted molar refractivity (Wildman–Crippen MR) is 95.0 cm³/mol. The number of rotatable bonds is 4. The van der Waals surface area contributed by atoms with E-state index in [1.807, 2.05) is 6.92 Å². The minimum absolute atomic E-state index is 0.0538. The molecule has 8 nitrogen and oxygen atoms in total. The van der Waals surface area contributed by atoms with Crippen LogP contribution in [0.25, 0.3) is 0 Å². The van der Waals surface area contributed by atoms with Crippen LogP contribution in [0.4, 0.5) is 0 Å². The third-order valence-corrected chi connectivity index (χ3v) is 4.57. The van der Waals surface area contributed by atoms with Gasteiger partial charge in [-0.1, -0.05) is 29.3 Å². The SMILES string of the molecule is Cc1ccc(S(=O)(=O)NC(=S)N/N=C(\N)c2cncc(Cl)n2)cc1. The second-order valence-corrected chi connectivity index (χ2v) is 7.06. The number of hydrogen-bond donors (Lipinski definition) is 3. The maximum absolute atomic E-state index is 12.2. The Labute approximate surface area is 149 Å². The molecular weight excluding hydrogens is 372 g/mol. The number of sulfonamides is 1. The second-order valence-electron chi connectivity index (χ2n) is 4.58. The summed E-state index contributed by atoms with van der Waals surface area (Å²) >= 11 is 10.6. The second kappa shape index (κ2) is 7.51. The van der Waals surface area contributed by atoms with Crippen molar-refractivity contribution in [2.45, 2.75) is 11.8 Å². The molecule has 126 valence electrons. The average molecular weight is 385 g/mol. The molecule has 0 aliphatic rings. The first kappa shape index (κ1) is 18.0. The smallest absolute Gasteiger partial charge is 0.263 e. The molecule has 0 aliphatic carbocycles. The van der Waals surface area contributed by atoms with Gasteiger partial charge in [-0.15, -0.1) is 0 Å². The Hall–Kier alpha value is -2.30. The Morgan fingerprint density at radius 1 is 1.29 bits per heavy atom. The molecule has 0 saturated carbocycles. The van der Waals surface area contributed by atoms with E-state index in [1.54, 1.807) is 12.1 Å². The molecule has 0 aliphatic heterocycles. The minimum Gasteiger partial charge on any atom is -0.380 e. The minimum atomic E-state index is -3.81. The van der Waals surface area contributed by atoms with Crippen molar-refractivity contribution < 1.29 is 8.42 Å². The highest BCUT2D eigenvalue weighted by molar-refractivity contribution is 7.91. The van der Waals surface area contributed by atoms with Gasteiger partial charge >= 0.3 is 0 Å². The van der Waals surface area contributed by atoms with E-state index in [1.165, 1.54) is 24.5 Å². The summed E-state index contributed by atoms with van der Waals surface area (Å²) in [4.78, 5) is 7.80. The topological polar surface area (TPSA) is 122 Å². The van der Waals surface area contributed by atoms with Gasteiger partial charge in [-0.2, -0.15) is 5.10 Å². The molecule has 11 heteroatoms. The fourth-order valence-electron chi connectivity index (χ4n) is 1.56. The first-order valence-corrected chi connectivity index (χ1v) is 8.75. The van der Waals surface area contributed by atoms with E-state index in [2.05, 4.69) is 25.2 Å². The number of thiocarbonyl (C=S) groups is 1. The molecule has 0 radical (unpaired) electrons. The number of nitrogens with one attached hydrogen (secondary N) is 2. The first-order valence-electron chi connectivity index (χ1n) is 6.48. The normalized spacial score (nSPS) is 11.8. The van der Waals surface area contributed by atoms with Gasteiger partial charge in [0.25, 0.3) is 10.0 Å². The number of hydrogen-bond acceptors (Lipinski definition) is 6. The lowest BCUT2D eigenvalue weighted by molar-refractivity contribution is 0.592. The van der Waals surface area contributed by atoms with Crippen LogP contribution in [0.15, 0.2) is 46.7 Å². The Balaban J connectivity index is 2.05. The number of hydrazone groups is 1. The molecule has 0 bridgehead atoms. The number of amidine groups is 1. The van der Waals surface area contributed by atoms with E-state index in [4.69, 9.17) is 29.6 Å². The van der Waals surface area contributed by atoms with E-state index < -0.39 is 10.0 Å². The predicted octanol–water partition coefficient (Wildman–Crippen LogP) is 0.912. The monoisotopic (exact) mass is 384 g/mol. The van der Waals surface area contributed by atoms with Crippen molar-refractivity contribution in [1.82, 2.24) is 20.1 Å². The number of aromatic nitrogens is 2. The maximum Gasteiger partial charge on any atom is 0.263 e. The number of nitrogens with zero attached hydrogens (tertiary/aromatic N) is 3. The molecule has 2 rings (SSSR count). The standard InChI is InChI=1S/C13H13ClN6O2S2/c1-8-2-4-9(5-3-8)24(21,22)20-13(23)19-18-12(15)10-6-16-7-11(14)17-10/h2-7H,1H3,(H2,15,18)(H2,19,20,23). The lowest BCUT2D eigenvalue weighted by atomic mass is 10.2. The van der Waals surface area contributed by atoms with Crippen molar-refractivity contribution in [2.24, 2.45) is 10.8 Å². The summed E-state index contributed by atoms with van der Waals surface area (Å²) in [6.07, 6.45) is 2.69. The Kier molecular flexibility index (Phi) is 5.65. The fourth-order valence-corrected chi connectivity index (χ4v) is 2.98. The quantitative estimate of drug-likeness (QED) is 0.310. The van der Waals surface area contributed by atoms with Crippen LogP contribution < -0.4 is 15.9 Å². The zero-order valence-electron chi connectivity index (χ0n) is 12.4. The highest BCUT2D eigenvalue weighted by Crippen LogP contribution is 2.09. The molecule has 1 aromatic carbocycles. The van der Waals surface area contributed by atoms with Gasteiger partial charge in [-0.05, 0) is 31.3 Å². The van der Waals surface area contributed by atoms with Crippen LogP contribution in [0, 0.1) is 6.92 Å². The van der Waals surface area contributed by atoms with Crippen molar-refractivity contribution >= 4 is 44.8 Å². The third kappa shape index (κ3) is 4.85. The van der Waals surface area contributed by atoms with E-state index in [0.29, 0.717) is 0 Å². The van der Waals surface area contributed by atoms with Gasteiger partial charge in [0.05, 0.1) is 17.3 Å². The summed E-state index contributed by atoms with van der Waals surface area (Å²) in [7, 11) is -3.81. The molecular formula is C13H13ClN6O2S2. The highest BCUT2D eigenvalue weighted by Gasteiger charge is 2.15. The van der Waals surface area contributed by atoms with Gasteiger partial charge in [0, 0.05) is 0 Å². The number of nitrogens with two attached hydrogens (primary N) is 1. The van der Waals surface area contributed by atoms with Crippen LogP contribution in [-0.4, -0.2) is 29.3 Å². The first-order chi connectivity index (χ1) is 11.3. The van der Waals surface area contributed by atoms with E-state index in [0.717, 1.165) is 5.56 Å². The molecule has 0 spiro atoms. The summed E-state index contributed by atoms with van der Waals surface area (Å²) in [6, 6.07) is 6.30. The van der Waals surface area contributed by atoms with Crippen LogP contribution in [0.5, 0.6) is 0 Å². The van der Waals surface area contributed by atoms with Crippen LogP contribution in [0.2, 0.25) is 5.15 Å². The average Bonchev–Trinajstić information content (AvgIpc) is 2.52. The maximum atomic E-state index is 12.2. The van der Waals surface area contributed by atoms with Crippen LogP contribution in [-0.2, 0) is 10.0 Å². The van der Waals surface area contributed by atoms with E-state index in [-0.39, 0.29) is 26.7 Å². The van der Waals surface area contributed by atoms with E-state index in [9.17, 15) is 8.42 Å². The number of aryl methyl sites for hydroxylation is 1. The number of halogens is 1. The van der Waals surface area contributed by atoms with Crippen molar-refractivity contribution in [2.75, 3.05) is 0 Å². The summed E-state index contributed by atoms with van der Waals surface area (Å²) in [6.45, 7) is 1.85. The molecule has 0 unspecified atom stereocenters. The van der Waals surface area contributed by atoms with Crippen molar-refractivity contribution in [3.63, 3.8) is 0 Å². The molecule has 24 heavy (non-hydrogen) atoms. The largest absolute Gasteiger partial charge is 0.380 e. The molecule has 1 aromatic heterocycles. The fraction of sp³-hybridized carbons (Fsp3) is 0.0769. The molecule has 0 atom stereocenters. The zero-order valence-corrected chi connectivity index (χ0v) is 14.8. The zero-order chi connectivity index (χ0) is 17.7. The third-order valence-electron chi connectivity index (χ3n) is 2.70. The molecule has 2 aromatic rings. The van der Waals surface area contributed by atoms with Gasteiger partial charge in [-0.3, -0.25) is 15.1 Å². The lowest BCUT2D eigenvalue weighted by Crippen LogP contribution is -2.38. The highest BCUT2D eigenvalue weighted by atomic mass is 35.5. The molecule has 0 fully saturated rings. The van der Waals surface area contributed by atoms with Gasteiger partial charge < -0.3 is 5.73 Å². The van der Waals surface area contributed by atoms with Crippen LogP contribution in [0.3, 0.4) is 0 Å². The Bertz CT molecular complexity index is 884. The molecule has 4 N–H and O–H groups in total. The van der Waals surface area contributed by atoms with Gasteiger partial charge in [-0.25, -0.2) is 13.4 Å². The van der Waals surface area contributed by atoms with Gasteiger partial charge in [0.15, 0.2) is 5.84 Å². The summed E-state index contributed by atoms with van der Waals surface area (Å²) in [5.41, 5.74) is 9.19. The van der Waals surface area contributed by atoms with Crippen molar-refractivity contribution in [3.05, 3.63) is 53.1 Å². The molecule has 1 heterocycles. The van der Waals surface area contributed by atoms with Crippen molar-refractivity contribution in [1.29, 1.82) is 0 Å². The van der Waals surface area contributed by atoms with Crippen LogP contribution in [0.1, 0.15) is 11.3 Å². The van der Waals surface area contributed by atoms with Gasteiger partial charge in [0.2, 0.25) is 5.11 Å². The lowest BCUT2D eigenvalue weighted by Gasteiger charge is -2.09. The van der Waals surface area contributed by atoms with E-state index >= 15 is 0 Å². The Morgan fingerprint density at radius 3 is 2.58 bits per heavy atom. The summed E-state index contributed by atoms with van der Waals surface area (Å²) < 4.78 is 26.5. The Morgan fingerprint density at radius 2 is 1.96 bits per heavy atom. The number of benzene rings is 1.